The van der Waals surface area contributed by atoms with Gasteiger partial charge in [0.15, 0.2) is 0 Å². The van der Waals surface area contributed by atoms with Gasteiger partial charge >= 0.3 is 0 Å². The fourth-order valence-electron chi connectivity index (χ4n) is 1.79. The van der Waals surface area contributed by atoms with Crippen LogP contribution < -0.4 is 5.32 Å². The molecule has 2 atom stereocenters. The van der Waals surface area contributed by atoms with E-state index in [1.165, 1.54) is 9.75 Å². The van der Waals surface area contributed by atoms with E-state index in [-0.39, 0.29) is 6.04 Å². The normalized spacial score (nSPS) is 14.6. The summed E-state index contributed by atoms with van der Waals surface area (Å²) in [7, 11) is 0. The second-order valence-corrected chi connectivity index (χ2v) is 5.78. The second kappa shape index (κ2) is 6.13. The molecule has 2 aromatic rings. The molecule has 5 heteroatoms. The summed E-state index contributed by atoms with van der Waals surface area (Å²) >= 11 is 1.79. The van der Waals surface area contributed by atoms with Crippen molar-refractivity contribution in [2.24, 2.45) is 0 Å². The van der Waals surface area contributed by atoms with E-state index < -0.39 is 6.10 Å². The summed E-state index contributed by atoms with van der Waals surface area (Å²) in [5.41, 5.74) is 0. The van der Waals surface area contributed by atoms with Gasteiger partial charge in [-0.1, -0.05) is 0 Å². The van der Waals surface area contributed by atoms with Gasteiger partial charge in [0, 0.05) is 34.7 Å². The number of nitrogens with zero attached hydrogens (tertiary/aromatic N) is 2. The number of aliphatic hydroxyl groups excluding tert-OH is 1. The zero-order chi connectivity index (χ0) is 13.0. The van der Waals surface area contributed by atoms with E-state index in [0.717, 1.165) is 0 Å². The van der Waals surface area contributed by atoms with Crippen LogP contribution >= 0.6 is 11.3 Å². The van der Waals surface area contributed by atoms with Crippen molar-refractivity contribution in [2.45, 2.75) is 32.5 Å². The fourth-order valence-corrected chi connectivity index (χ4v) is 2.69. The summed E-state index contributed by atoms with van der Waals surface area (Å²) in [5, 5.41) is 17.3. The molecule has 2 N–H and O–H groups in total. The lowest BCUT2D eigenvalue weighted by atomic mass is 10.2. The van der Waals surface area contributed by atoms with Gasteiger partial charge in [-0.3, -0.25) is 4.68 Å². The van der Waals surface area contributed by atoms with E-state index >= 15 is 0 Å². The van der Waals surface area contributed by atoms with E-state index in [4.69, 9.17) is 0 Å². The molecule has 0 aliphatic rings. The maximum absolute atomic E-state index is 9.90. The van der Waals surface area contributed by atoms with Crippen LogP contribution in [0.4, 0.5) is 0 Å². The van der Waals surface area contributed by atoms with Crippen molar-refractivity contribution in [3.63, 3.8) is 0 Å². The maximum Gasteiger partial charge on any atom is 0.0860 e. The molecule has 0 saturated heterocycles. The van der Waals surface area contributed by atoms with E-state index in [9.17, 15) is 5.11 Å². The van der Waals surface area contributed by atoms with Gasteiger partial charge in [0.25, 0.3) is 0 Å². The lowest BCUT2D eigenvalue weighted by molar-refractivity contribution is 0.144. The summed E-state index contributed by atoms with van der Waals surface area (Å²) in [4.78, 5) is 2.62. The van der Waals surface area contributed by atoms with Crippen molar-refractivity contribution in [3.05, 3.63) is 40.3 Å². The standard InChI is InChI=1S/C13H19N3OS/c1-10-4-5-13(18-10)11(2)14-8-12(17)9-16-7-3-6-15-16/h3-7,11-12,14,17H,8-9H2,1-2H3. The number of aromatic nitrogens is 2. The Morgan fingerprint density at radius 2 is 2.33 bits per heavy atom. The smallest absolute Gasteiger partial charge is 0.0860 e. The molecule has 0 radical (unpaired) electrons. The van der Waals surface area contributed by atoms with Gasteiger partial charge in [0.2, 0.25) is 0 Å². The van der Waals surface area contributed by atoms with Crippen molar-refractivity contribution in [1.82, 2.24) is 15.1 Å². The van der Waals surface area contributed by atoms with E-state index in [2.05, 4.69) is 36.4 Å². The largest absolute Gasteiger partial charge is 0.390 e. The first-order chi connectivity index (χ1) is 8.65. The van der Waals surface area contributed by atoms with Gasteiger partial charge < -0.3 is 10.4 Å². The predicted molar refractivity (Wildman–Crippen MR) is 73.7 cm³/mol. The van der Waals surface area contributed by atoms with Gasteiger partial charge in [-0.15, -0.1) is 11.3 Å². The monoisotopic (exact) mass is 265 g/mol. The van der Waals surface area contributed by atoms with Crippen LogP contribution in [0.2, 0.25) is 0 Å². The molecular weight excluding hydrogens is 246 g/mol. The van der Waals surface area contributed by atoms with Crippen LogP contribution in [0.15, 0.2) is 30.6 Å². The minimum atomic E-state index is -0.423. The van der Waals surface area contributed by atoms with Gasteiger partial charge in [-0.2, -0.15) is 5.10 Å². The Labute approximate surface area is 111 Å². The van der Waals surface area contributed by atoms with Crippen LogP contribution in [0.25, 0.3) is 0 Å². The summed E-state index contributed by atoms with van der Waals surface area (Å²) in [5.74, 6) is 0. The lowest BCUT2D eigenvalue weighted by Crippen LogP contribution is -2.31. The molecule has 4 nitrogen and oxygen atoms in total. The Balaban J connectivity index is 1.77. The SMILES string of the molecule is Cc1ccc(C(C)NCC(O)Cn2cccn2)s1. The molecule has 18 heavy (non-hydrogen) atoms. The van der Waals surface area contributed by atoms with Crippen LogP contribution in [0.3, 0.4) is 0 Å². The van der Waals surface area contributed by atoms with Crippen molar-refractivity contribution in [1.29, 1.82) is 0 Å². The van der Waals surface area contributed by atoms with Crippen molar-refractivity contribution < 1.29 is 5.11 Å². The van der Waals surface area contributed by atoms with Crippen LogP contribution in [0.1, 0.15) is 22.7 Å². The topological polar surface area (TPSA) is 50.1 Å². The highest BCUT2D eigenvalue weighted by molar-refractivity contribution is 7.12. The van der Waals surface area contributed by atoms with Gasteiger partial charge in [-0.25, -0.2) is 0 Å². The van der Waals surface area contributed by atoms with Gasteiger partial charge in [0.1, 0.15) is 0 Å². The average Bonchev–Trinajstić information content (AvgIpc) is 2.97. The predicted octanol–water partition coefficient (Wildman–Crippen LogP) is 1.96. The number of rotatable bonds is 6. The number of nitrogens with one attached hydrogen (secondary N) is 1. The average molecular weight is 265 g/mol. The molecule has 0 saturated carbocycles. The number of hydrogen-bond donors (Lipinski definition) is 2. The lowest BCUT2D eigenvalue weighted by Gasteiger charge is -2.16. The van der Waals surface area contributed by atoms with Gasteiger partial charge in [0.05, 0.1) is 12.6 Å². The number of thiophene rings is 1. The van der Waals surface area contributed by atoms with Crippen molar-refractivity contribution in [2.75, 3.05) is 6.54 Å². The highest BCUT2D eigenvalue weighted by Crippen LogP contribution is 2.22. The van der Waals surface area contributed by atoms with Crippen LogP contribution in [0.5, 0.6) is 0 Å². The van der Waals surface area contributed by atoms with Crippen LogP contribution in [0, 0.1) is 6.92 Å². The number of hydrogen-bond acceptors (Lipinski definition) is 4. The first-order valence-corrected chi connectivity index (χ1v) is 6.92. The molecule has 0 bridgehead atoms. The minimum Gasteiger partial charge on any atom is -0.390 e. The van der Waals surface area contributed by atoms with E-state index in [0.29, 0.717) is 13.1 Å². The highest BCUT2D eigenvalue weighted by atomic mass is 32.1. The molecular formula is C13H19N3OS. The zero-order valence-electron chi connectivity index (χ0n) is 10.7. The third-order valence-electron chi connectivity index (χ3n) is 2.80. The van der Waals surface area contributed by atoms with Gasteiger partial charge in [-0.05, 0) is 32.0 Å². The Morgan fingerprint density at radius 3 is 2.94 bits per heavy atom. The molecule has 0 aromatic carbocycles. The minimum absolute atomic E-state index is 0.274. The van der Waals surface area contributed by atoms with E-state index in [1.807, 2.05) is 12.3 Å². The molecule has 2 unspecified atom stereocenters. The fraction of sp³-hybridized carbons (Fsp3) is 0.462. The third-order valence-corrected chi connectivity index (χ3v) is 3.99. The molecule has 0 spiro atoms. The molecule has 2 rings (SSSR count). The Hall–Kier alpha value is -1.17. The summed E-state index contributed by atoms with van der Waals surface area (Å²) < 4.78 is 1.74. The Kier molecular flexibility index (Phi) is 4.52. The van der Waals surface area contributed by atoms with E-state index in [1.54, 1.807) is 22.2 Å². The van der Waals surface area contributed by atoms with Crippen LogP contribution in [-0.2, 0) is 6.54 Å². The molecule has 0 fully saturated rings. The quantitative estimate of drug-likeness (QED) is 0.839. The first-order valence-electron chi connectivity index (χ1n) is 6.10. The Bertz CT molecular complexity index is 466. The zero-order valence-corrected chi connectivity index (χ0v) is 11.5. The Morgan fingerprint density at radius 1 is 1.50 bits per heavy atom. The third kappa shape index (κ3) is 3.66. The molecule has 2 heterocycles. The van der Waals surface area contributed by atoms with Crippen molar-refractivity contribution in [3.8, 4) is 0 Å². The first kappa shape index (κ1) is 13.3. The molecule has 0 aliphatic carbocycles. The summed E-state index contributed by atoms with van der Waals surface area (Å²) in [6.45, 7) is 5.31. The molecule has 98 valence electrons. The molecule has 2 aromatic heterocycles. The molecule has 0 amide bonds. The van der Waals surface area contributed by atoms with Crippen LogP contribution in [-0.4, -0.2) is 27.5 Å². The maximum atomic E-state index is 9.90. The highest BCUT2D eigenvalue weighted by Gasteiger charge is 2.10. The van der Waals surface area contributed by atoms with Crippen molar-refractivity contribution >= 4 is 11.3 Å². The number of aryl methyl sites for hydroxylation is 1. The number of aliphatic hydroxyl groups is 1. The molecule has 0 aliphatic heterocycles. The summed E-state index contributed by atoms with van der Waals surface area (Å²) in [6.07, 6.45) is 3.15. The second-order valence-electron chi connectivity index (χ2n) is 4.46. The summed E-state index contributed by atoms with van der Waals surface area (Å²) in [6, 6.07) is 6.39.